The van der Waals surface area contributed by atoms with Crippen LogP contribution in [0.1, 0.15) is 15.9 Å². The normalized spacial score (nSPS) is 10.7. The molecule has 4 rings (SSSR count). The summed E-state index contributed by atoms with van der Waals surface area (Å²) in [5.41, 5.74) is 0.531. The number of pyridine rings is 1. The maximum absolute atomic E-state index is 13.9. The van der Waals surface area contributed by atoms with Gasteiger partial charge in [0.05, 0.1) is 22.5 Å². The molecule has 9 heteroatoms. The molecule has 33 heavy (non-hydrogen) atoms. The predicted molar refractivity (Wildman–Crippen MR) is 126 cm³/mol. The van der Waals surface area contributed by atoms with Gasteiger partial charge in [0.1, 0.15) is 11.6 Å². The monoisotopic (exact) mass is 483 g/mol. The van der Waals surface area contributed by atoms with Gasteiger partial charge in [-0.25, -0.2) is 14.2 Å². The van der Waals surface area contributed by atoms with E-state index in [0.29, 0.717) is 27.9 Å². The van der Waals surface area contributed by atoms with Crippen molar-refractivity contribution in [2.24, 2.45) is 0 Å². The molecule has 166 valence electrons. The molecule has 1 heterocycles. The van der Waals surface area contributed by atoms with Crippen LogP contribution in [0, 0.1) is 12.7 Å². The molecule has 0 spiro atoms. The fraction of sp³-hybridized carbons (Fsp3) is 0.0417. The van der Waals surface area contributed by atoms with Crippen molar-refractivity contribution in [2.75, 3.05) is 5.32 Å². The number of imide groups is 1. The minimum atomic E-state index is -0.963. The van der Waals surface area contributed by atoms with Crippen LogP contribution >= 0.6 is 23.2 Å². The van der Waals surface area contributed by atoms with Gasteiger partial charge in [0, 0.05) is 21.4 Å². The van der Waals surface area contributed by atoms with E-state index < -0.39 is 23.3 Å². The lowest BCUT2D eigenvalue weighted by atomic mass is 10.1. The standard InChI is InChI=1S/C24H16Cl2FN3O3/c1-13-11-14(29-24(32)30-22(31)21-18(26)7-4-8-19(21)27)12-28-23(13)33-20-10-9-17(25)15-5-2-3-6-16(15)20/h2-12H,1H3,(H2,29,30,31,32). The average molecular weight is 484 g/mol. The Labute approximate surface area is 198 Å². The molecule has 0 bridgehead atoms. The van der Waals surface area contributed by atoms with E-state index >= 15 is 0 Å². The second kappa shape index (κ2) is 9.44. The number of amides is 3. The number of fused-ring (bicyclic) bond motifs is 1. The molecule has 4 aromatic rings. The number of carbonyl (C=O) groups excluding carboxylic acids is 2. The summed E-state index contributed by atoms with van der Waals surface area (Å²) in [7, 11) is 0. The smallest absolute Gasteiger partial charge is 0.326 e. The fourth-order valence-electron chi connectivity index (χ4n) is 3.21. The minimum absolute atomic E-state index is 0.103. The molecule has 3 aromatic carbocycles. The summed E-state index contributed by atoms with van der Waals surface area (Å²) < 4.78 is 19.8. The molecule has 0 unspecified atom stereocenters. The summed E-state index contributed by atoms with van der Waals surface area (Å²) in [4.78, 5) is 28.7. The van der Waals surface area contributed by atoms with Gasteiger partial charge in [-0.05, 0) is 37.3 Å². The molecular formula is C24H16Cl2FN3O3. The molecule has 2 N–H and O–H groups in total. The van der Waals surface area contributed by atoms with E-state index in [-0.39, 0.29) is 5.02 Å². The molecular weight excluding hydrogens is 468 g/mol. The number of benzene rings is 3. The Kier molecular flexibility index (Phi) is 6.44. The zero-order valence-electron chi connectivity index (χ0n) is 17.2. The predicted octanol–water partition coefficient (Wildman–Crippen LogP) is 6.74. The number of anilines is 1. The lowest BCUT2D eigenvalue weighted by Crippen LogP contribution is -2.35. The van der Waals surface area contributed by atoms with Crippen LogP contribution < -0.4 is 15.4 Å². The first-order chi connectivity index (χ1) is 15.8. The van der Waals surface area contributed by atoms with E-state index in [4.69, 9.17) is 27.9 Å². The average Bonchev–Trinajstić information content (AvgIpc) is 2.77. The van der Waals surface area contributed by atoms with Crippen molar-refractivity contribution >= 4 is 51.6 Å². The third kappa shape index (κ3) is 4.89. The van der Waals surface area contributed by atoms with Crippen molar-refractivity contribution in [1.29, 1.82) is 0 Å². The van der Waals surface area contributed by atoms with Crippen LogP contribution in [-0.2, 0) is 0 Å². The van der Waals surface area contributed by atoms with Gasteiger partial charge >= 0.3 is 6.03 Å². The van der Waals surface area contributed by atoms with Crippen LogP contribution in [0.15, 0.2) is 66.9 Å². The SMILES string of the molecule is Cc1cc(NC(=O)NC(=O)c2c(F)cccc2Cl)cnc1Oc1ccc(Cl)c2ccccc12. The number of nitrogens with one attached hydrogen (secondary N) is 2. The topological polar surface area (TPSA) is 80.3 Å². The van der Waals surface area contributed by atoms with Crippen LogP contribution in [0.3, 0.4) is 0 Å². The second-order valence-corrected chi connectivity index (χ2v) is 7.86. The highest BCUT2D eigenvalue weighted by Gasteiger charge is 2.18. The van der Waals surface area contributed by atoms with Crippen molar-refractivity contribution in [3.05, 3.63) is 93.8 Å². The summed E-state index contributed by atoms with van der Waals surface area (Å²) in [6.07, 6.45) is 1.38. The first-order valence-electron chi connectivity index (χ1n) is 9.71. The zero-order valence-corrected chi connectivity index (χ0v) is 18.7. The van der Waals surface area contributed by atoms with Crippen LogP contribution in [0.2, 0.25) is 10.0 Å². The van der Waals surface area contributed by atoms with Gasteiger partial charge < -0.3 is 10.1 Å². The molecule has 6 nitrogen and oxygen atoms in total. The van der Waals surface area contributed by atoms with Crippen molar-refractivity contribution in [2.45, 2.75) is 6.92 Å². The van der Waals surface area contributed by atoms with E-state index in [1.807, 2.05) is 29.6 Å². The van der Waals surface area contributed by atoms with E-state index in [9.17, 15) is 14.0 Å². The summed E-state index contributed by atoms with van der Waals surface area (Å²) in [6, 6.07) is 15.6. The molecule has 0 atom stereocenters. The summed E-state index contributed by atoms with van der Waals surface area (Å²) in [5.74, 6) is -0.879. The van der Waals surface area contributed by atoms with E-state index in [0.717, 1.165) is 16.8 Å². The van der Waals surface area contributed by atoms with Crippen LogP contribution in [0.5, 0.6) is 11.6 Å². The number of ether oxygens (including phenoxy) is 1. The first kappa shape index (κ1) is 22.5. The highest BCUT2D eigenvalue weighted by atomic mass is 35.5. The van der Waals surface area contributed by atoms with Gasteiger partial charge in [-0.2, -0.15) is 0 Å². The molecule has 1 aromatic heterocycles. The number of carbonyl (C=O) groups is 2. The van der Waals surface area contributed by atoms with Gasteiger partial charge in [-0.1, -0.05) is 53.5 Å². The van der Waals surface area contributed by atoms with Crippen molar-refractivity contribution in [3.8, 4) is 11.6 Å². The second-order valence-electron chi connectivity index (χ2n) is 7.04. The number of urea groups is 1. The van der Waals surface area contributed by atoms with Crippen molar-refractivity contribution < 1.29 is 18.7 Å². The van der Waals surface area contributed by atoms with Crippen molar-refractivity contribution in [1.82, 2.24) is 10.3 Å². The number of hydrogen-bond acceptors (Lipinski definition) is 4. The number of nitrogens with zero attached hydrogens (tertiary/aromatic N) is 1. The van der Waals surface area contributed by atoms with E-state index in [1.54, 1.807) is 25.1 Å². The summed E-state index contributed by atoms with van der Waals surface area (Å²) in [6.45, 7) is 1.76. The molecule has 0 fully saturated rings. The highest BCUT2D eigenvalue weighted by molar-refractivity contribution is 6.35. The molecule has 0 radical (unpaired) electrons. The van der Waals surface area contributed by atoms with Crippen LogP contribution in [0.25, 0.3) is 10.8 Å². The molecule has 0 aliphatic rings. The lowest BCUT2D eigenvalue weighted by molar-refractivity contribution is 0.0963. The van der Waals surface area contributed by atoms with Crippen molar-refractivity contribution in [3.63, 3.8) is 0 Å². The zero-order chi connectivity index (χ0) is 23.5. The van der Waals surface area contributed by atoms with Gasteiger partial charge in [0.25, 0.3) is 5.91 Å². The number of rotatable bonds is 4. The van der Waals surface area contributed by atoms with Gasteiger partial charge in [-0.15, -0.1) is 0 Å². The number of aromatic nitrogens is 1. The minimum Gasteiger partial charge on any atom is -0.438 e. The van der Waals surface area contributed by atoms with Crippen LogP contribution in [0.4, 0.5) is 14.9 Å². The third-order valence-electron chi connectivity index (χ3n) is 4.74. The largest absolute Gasteiger partial charge is 0.438 e. The summed E-state index contributed by atoms with van der Waals surface area (Å²) >= 11 is 12.1. The Bertz CT molecular complexity index is 1370. The maximum atomic E-state index is 13.9. The molecule has 0 saturated heterocycles. The molecule has 3 amide bonds. The van der Waals surface area contributed by atoms with Gasteiger partial charge in [-0.3, -0.25) is 10.1 Å². The quantitative estimate of drug-likeness (QED) is 0.336. The Morgan fingerprint density at radius 3 is 2.45 bits per heavy atom. The lowest BCUT2D eigenvalue weighted by Gasteiger charge is -2.13. The number of halogens is 3. The molecule has 0 aliphatic heterocycles. The Morgan fingerprint density at radius 1 is 0.970 bits per heavy atom. The van der Waals surface area contributed by atoms with E-state index in [1.165, 1.54) is 18.3 Å². The third-order valence-corrected chi connectivity index (χ3v) is 5.39. The Morgan fingerprint density at radius 2 is 1.73 bits per heavy atom. The first-order valence-corrected chi connectivity index (χ1v) is 10.5. The Hall–Kier alpha value is -3.68. The molecule has 0 saturated carbocycles. The summed E-state index contributed by atoms with van der Waals surface area (Å²) in [5, 5.41) is 6.71. The number of hydrogen-bond donors (Lipinski definition) is 2. The highest BCUT2D eigenvalue weighted by Crippen LogP contribution is 2.34. The Balaban J connectivity index is 1.48. The van der Waals surface area contributed by atoms with Crippen LogP contribution in [-0.4, -0.2) is 16.9 Å². The van der Waals surface area contributed by atoms with Gasteiger partial charge in [0.15, 0.2) is 0 Å². The maximum Gasteiger partial charge on any atom is 0.326 e. The van der Waals surface area contributed by atoms with Gasteiger partial charge in [0.2, 0.25) is 5.88 Å². The molecule has 0 aliphatic carbocycles. The number of aryl methyl sites for hydroxylation is 1. The fourth-order valence-corrected chi connectivity index (χ4v) is 3.68. The van der Waals surface area contributed by atoms with E-state index in [2.05, 4.69) is 10.3 Å².